The molecule has 4 nitrogen and oxygen atoms in total. The number of sulfonamides is 1. The number of unbranched alkanes of at least 4 members (excludes halogenated alkanes) is 3. The Labute approximate surface area is 92.9 Å². The fraction of sp³-hybridized carbons (Fsp3) is 0.900. The van der Waals surface area contributed by atoms with Gasteiger partial charge in [0.25, 0.3) is 0 Å². The highest BCUT2D eigenvalue weighted by molar-refractivity contribution is 7.89. The monoisotopic (exact) mass is 232 g/mol. The standard InChI is InChI=1S/C10H20N2O2S/c1-4-5-6-7-8-10(9-11)15(13,14)12(2)3/h10H,4-8H2,1-3H3. The second-order valence-corrected chi connectivity index (χ2v) is 6.12. The zero-order valence-corrected chi connectivity index (χ0v) is 10.5. The molecule has 88 valence electrons. The van der Waals surface area contributed by atoms with Crippen molar-refractivity contribution in [3.05, 3.63) is 0 Å². The maximum absolute atomic E-state index is 11.6. The maximum atomic E-state index is 11.6. The van der Waals surface area contributed by atoms with E-state index in [2.05, 4.69) is 6.92 Å². The minimum absolute atomic E-state index is 0.441. The van der Waals surface area contributed by atoms with Crippen LogP contribution in [0.1, 0.15) is 39.0 Å². The summed E-state index contributed by atoms with van der Waals surface area (Å²) < 4.78 is 24.4. The van der Waals surface area contributed by atoms with Crippen molar-refractivity contribution in [2.75, 3.05) is 14.1 Å². The molecule has 0 aromatic rings. The third-order valence-corrected chi connectivity index (χ3v) is 4.41. The van der Waals surface area contributed by atoms with Crippen LogP contribution in [0.5, 0.6) is 0 Å². The van der Waals surface area contributed by atoms with Crippen LogP contribution < -0.4 is 0 Å². The molecule has 0 rings (SSSR count). The predicted molar refractivity (Wildman–Crippen MR) is 60.8 cm³/mol. The molecule has 0 saturated carbocycles. The fourth-order valence-corrected chi connectivity index (χ4v) is 2.40. The summed E-state index contributed by atoms with van der Waals surface area (Å²) >= 11 is 0. The normalized spacial score (nSPS) is 13.8. The molecule has 1 unspecified atom stereocenters. The minimum atomic E-state index is -3.40. The highest BCUT2D eigenvalue weighted by Crippen LogP contribution is 2.13. The van der Waals surface area contributed by atoms with E-state index in [1.165, 1.54) is 14.1 Å². The average molecular weight is 232 g/mol. The summed E-state index contributed by atoms with van der Waals surface area (Å²) in [5, 5.41) is 7.93. The van der Waals surface area contributed by atoms with Crippen molar-refractivity contribution in [1.82, 2.24) is 4.31 Å². The Morgan fingerprint density at radius 2 is 1.87 bits per heavy atom. The summed E-state index contributed by atoms with van der Waals surface area (Å²) in [4.78, 5) is 0. The van der Waals surface area contributed by atoms with Crippen LogP contribution in [0, 0.1) is 11.3 Å². The molecule has 0 spiro atoms. The van der Waals surface area contributed by atoms with Crippen LogP contribution >= 0.6 is 0 Å². The van der Waals surface area contributed by atoms with Gasteiger partial charge in [-0.15, -0.1) is 0 Å². The lowest BCUT2D eigenvalue weighted by Crippen LogP contribution is -2.32. The Balaban J connectivity index is 4.22. The van der Waals surface area contributed by atoms with Gasteiger partial charge in [0, 0.05) is 14.1 Å². The Morgan fingerprint density at radius 1 is 1.27 bits per heavy atom. The number of hydrogen-bond donors (Lipinski definition) is 0. The zero-order valence-electron chi connectivity index (χ0n) is 9.73. The van der Waals surface area contributed by atoms with Gasteiger partial charge in [-0.1, -0.05) is 32.6 Å². The Morgan fingerprint density at radius 3 is 2.27 bits per heavy atom. The quantitative estimate of drug-likeness (QED) is 0.628. The number of rotatable bonds is 7. The molecule has 0 radical (unpaired) electrons. The van der Waals surface area contributed by atoms with E-state index in [0.29, 0.717) is 6.42 Å². The second-order valence-electron chi connectivity index (χ2n) is 3.79. The van der Waals surface area contributed by atoms with Crippen LogP contribution in [0.4, 0.5) is 0 Å². The lowest BCUT2D eigenvalue weighted by molar-refractivity contribution is 0.505. The maximum Gasteiger partial charge on any atom is 0.229 e. The molecular weight excluding hydrogens is 212 g/mol. The lowest BCUT2D eigenvalue weighted by atomic mass is 10.1. The van der Waals surface area contributed by atoms with E-state index in [1.54, 1.807) is 0 Å². The average Bonchev–Trinajstić information content (AvgIpc) is 2.17. The Hall–Kier alpha value is -0.600. The summed E-state index contributed by atoms with van der Waals surface area (Å²) in [6.07, 6.45) is 4.45. The number of nitrogens with zero attached hydrogens (tertiary/aromatic N) is 2. The van der Waals surface area contributed by atoms with Gasteiger partial charge >= 0.3 is 0 Å². The second kappa shape index (κ2) is 6.81. The third-order valence-electron chi connectivity index (χ3n) is 2.33. The van der Waals surface area contributed by atoms with Crippen LogP contribution in [0.15, 0.2) is 0 Å². The predicted octanol–water partition coefficient (Wildman–Crippen LogP) is 1.74. The molecule has 0 aliphatic rings. The van der Waals surface area contributed by atoms with Crippen molar-refractivity contribution in [2.24, 2.45) is 0 Å². The van der Waals surface area contributed by atoms with Crippen molar-refractivity contribution in [1.29, 1.82) is 5.26 Å². The summed E-state index contributed by atoms with van der Waals surface area (Å²) in [7, 11) is -0.476. The van der Waals surface area contributed by atoms with E-state index in [1.807, 2.05) is 6.07 Å². The number of hydrogen-bond acceptors (Lipinski definition) is 3. The van der Waals surface area contributed by atoms with E-state index in [-0.39, 0.29) is 0 Å². The van der Waals surface area contributed by atoms with Crippen molar-refractivity contribution in [3.63, 3.8) is 0 Å². The van der Waals surface area contributed by atoms with Crippen molar-refractivity contribution >= 4 is 10.0 Å². The van der Waals surface area contributed by atoms with Gasteiger partial charge in [0.15, 0.2) is 5.25 Å². The summed E-state index contributed by atoms with van der Waals surface area (Å²) in [5.74, 6) is 0. The first-order chi connectivity index (χ1) is 6.96. The minimum Gasteiger partial charge on any atom is -0.211 e. The molecule has 0 aliphatic heterocycles. The van der Waals surface area contributed by atoms with Crippen molar-refractivity contribution < 1.29 is 8.42 Å². The molecule has 0 aliphatic carbocycles. The summed E-state index contributed by atoms with van der Waals surface area (Å²) in [6.45, 7) is 2.10. The zero-order chi connectivity index (χ0) is 11.9. The molecule has 1 atom stereocenters. The van der Waals surface area contributed by atoms with E-state index >= 15 is 0 Å². The molecule has 0 bridgehead atoms. The molecule has 0 aromatic carbocycles. The first-order valence-corrected chi connectivity index (χ1v) is 6.78. The van der Waals surface area contributed by atoms with Gasteiger partial charge in [0.05, 0.1) is 6.07 Å². The first-order valence-electron chi connectivity index (χ1n) is 5.27. The molecule has 0 fully saturated rings. The number of nitriles is 1. The summed E-state index contributed by atoms with van der Waals surface area (Å²) in [5.41, 5.74) is 0. The smallest absolute Gasteiger partial charge is 0.211 e. The molecule has 15 heavy (non-hydrogen) atoms. The molecule has 0 saturated heterocycles. The topological polar surface area (TPSA) is 61.2 Å². The van der Waals surface area contributed by atoms with E-state index < -0.39 is 15.3 Å². The van der Waals surface area contributed by atoms with E-state index in [0.717, 1.165) is 30.0 Å². The molecule has 5 heteroatoms. The highest BCUT2D eigenvalue weighted by Gasteiger charge is 2.26. The molecule has 0 amide bonds. The Kier molecular flexibility index (Phi) is 6.53. The van der Waals surface area contributed by atoms with Crippen LogP contribution in [-0.2, 0) is 10.0 Å². The largest absolute Gasteiger partial charge is 0.229 e. The van der Waals surface area contributed by atoms with Gasteiger partial charge < -0.3 is 0 Å². The van der Waals surface area contributed by atoms with Crippen LogP contribution in [0.2, 0.25) is 0 Å². The van der Waals surface area contributed by atoms with Crippen molar-refractivity contribution in [3.8, 4) is 6.07 Å². The van der Waals surface area contributed by atoms with Crippen molar-refractivity contribution in [2.45, 2.75) is 44.3 Å². The molecule has 0 N–H and O–H groups in total. The van der Waals surface area contributed by atoms with Gasteiger partial charge in [0.2, 0.25) is 10.0 Å². The molecule has 0 aromatic heterocycles. The Bertz CT molecular complexity index is 304. The fourth-order valence-electron chi connectivity index (χ4n) is 1.29. The first kappa shape index (κ1) is 14.4. The summed E-state index contributed by atoms with van der Waals surface area (Å²) in [6, 6.07) is 1.87. The SMILES string of the molecule is CCCCCCC(C#N)S(=O)(=O)N(C)C. The van der Waals surface area contributed by atoms with Crippen LogP contribution in [0.3, 0.4) is 0 Å². The van der Waals surface area contributed by atoms with Gasteiger partial charge in [-0.3, -0.25) is 0 Å². The molecular formula is C10H20N2O2S. The lowest BCUT2D eigenvalue weighted by Gasteiger charge is -2.15. The van der Waals surface area contributed by atoms with E-state index in [9.17, 15) is 8.42 Å². The van der Waals surface area contributed by atoms with Gasteiger partial charge in [-0.25, -0.2) is 12.7 Å². The van der Waals surface area contributed by atoms with E-state index in [4.69, 9.17) is 5.26 Å². The van der Waals surface area contributed by atoms with Gasteiger partial charge in [0.1, 0.15) is 0 Å². The highest BCUT2D eigenvalue weighted by atomic mass is 32.2. The van der Waals surface area contributed by atoms with Gasteiger partial charge in [-0.2, -0.15) is 5.26 Å². The third kappa shape index (κ3) is 4.63. The van der Waals surface area contributed by atoms with Crippen LogP contribution in [0.25, 0.3) is 0 Å². The van der Waals surface area contributed by atoms with Gasteiger partial charge in [-0.05, 0) is 6.42 Å². The molecule has 0 heterocycles. The van der Waals surface area contributed by atoms with Crippen LogP contribution in [-0.4, -0.2) is 32.1 Å².